The van der Waals surface area contributed by atoms with Crippen LogP contribution < -0.4 is 0 Å². The highest BCUT2D eigenvalue weighted by atomic mass is 35.5. The molecule has 0 fully saturated rings. The highest BCUT2D eigenvalue weighted by molar-refractivity contribution is 6.42. The van der Waals surface area contributed by atoms with E-state index in [-0.39, 0.29) is 10.7 Å². The number of hydrogen-bond donors (Lipinski definition) is 1. The second-order valence-electron chi connectivity index (χ2n) is 3.09. The number of carbonyl (C=O) groups is 1. The number of aromatic carboxylic acids is 1. The quantitative estimate of drug-likeness (QED) is 0.804. The van der Waals surface area contributed by atoms with Crippen molar-refractivity contribution in [3.8, 4) is 0 Å². The lowest BCUT2D eigenvalue weighted by Crippen LogP contribution is -1.99. The zero-order chi connectivity index (χ0) is 11.9. The number of halogens is 3. The Morgan fingerprint density at radius 3 is 2.38 bits per heavy atom. The first kappa shape index (κ1) is 11.5. The lowest BCUT2D eigenvalue weighted by Gasteiger charge is -2.03. The fourth-order valence-electron chi connectivity index (χ4n) is 1.30. The molecule has 0 amide bonds. The molecule has 0 aliphatic rings. The van der Waals surface area contributed by atoms with Gasteiger partial charge in [0.05, 0.1) is 21.1 Å². The van der Waals surface area contributed by atoms with Gasteiger partial charge in [-0.05, 0) is 18.2 Å². The van der Waals surface area contributed by atoms with Crippen molar-refractivity contribution in [3.63, 3.8) is 0 Å². The third-order valence-electron chi connectivity index (χ3n) is 2.04. The molecule has 0 unspecified atom stereocenters. The molecule has 0 saturated carbocycles. The topological polar surface area (TPSA) is 50.2 Å². The molecule has 1 aromatic heterocycles. The molecule has 3 nitrogen and oxygen atoms in total. The third-order valence-corrected chi connectivity index (χ3v) is 3.05. The summed E-state index contributed by atoms with van der Waals surface area (Å²) in [7, 11) is 0. The van der Waals surface area contributed by atoms with Gasteiger partial charge in [-0.3, -0.25) is 0 Å². The standard InChI is InChI=1S/C10H4Cl3NO2/c11-6-2-4-1-5(10(15)16)9(13)14-8(4)3-7(6)12/h1-3H,(H,15,16). The van der Waals surface area contributed by atoms with Gasteiger partial charge in [-0.2, -0.15) is 0 Å². The Balaban J connectivity index is 2.79. The number of fused-ring (bicyclic) bond motifs is 1. The van der Waals surface area contributed by atoms with Gasteiger partial charge in [0.15, 0.2) is 0 Å². The number of aromatic nitrogens is 1. The fourth-order valence-corrected chi connectivity index (χ4v) is 1.85. The summed E-state index contributed by atoms with van der Waals surface area (Å²) in [4.78, 5) is 14.8. The van der Waals surface area contributed by atoms with E-state index in [4.69, 9.17) is 39.9 Å². The minimum Gasteiger partial charge on any atom is -0.478 e. The van der Waals surface area contributed by atoms with E-state index >= 15 is 0 Å². The van der Waals surface area contributed by atoms with Crippen LogP contribution in [0, 0.1) is 0 Å². The fraction of sp³-hybridized carbons (Fsp3) is 0. The van der Waals surface area contributed by atoms with E-state index in [0.29, 0.717) is 20.9 Å². The zero-order valence-electron chi connectivity index (χ0n) is 7.67. The van der Waals surface area contributed by atoms with Gasteiger partial charge in [0, 0.05) is 5.39 Å². The van der Waals surface area contributed by atoms with E-state index in [1.54, 1.807) is 6.07 Å². The van der Waals surface area contributed by atoms with E-state index in [2.05, 4.69) is 4.98 Å². The average Bonchev–Trinajstić information content (AvgIpc) is 2.19. The highest BCUT2D eigenvalue weighted by Crippen LogP contribution is 2.29. The summed E-state index contributed by atoms with van der Waals surface area (Å²) < 4.78 is 0. The molecule has 2 rings (SSSR count). The van der Waals surface area contributed by atoms with Crippen molar-refractivity contribution in [1.29, 1.82) is 0 Å². The second kappa shape index (κ2) is 4.09. The maximum atomic E-state index is 10.8. The summed E-state index contributed by atoms with van der Waals surface area (Å²) in [6.45, 7) is 0. The zero-order valence-corrected chi connectivity index (χ0v) is 9.94. The molecule has 1 N–H and O–H groups in total. The first-order chi connectivity index (χ1) is 7.49. The van der Waals surface area contributed by atoms with Gasteiger partial charge >= 0.3 is 5.97 Å². The highest BCUT2D eigenvalue weighted by Gasteiger charge is 2.12. The summed E-state index contributed by atoms with van der Waals surface area (Å²) in [5.41, 5.74) is 0.442. The number of rotatable bonds is 1. The summed E-state index contributed by atoms with van der Waals surface area (Å²) in [5, 5.41) is 10.1. The van der Waals surface area contributed by atoms with Crippen LogP contribution >= 0.6 is 34.8 Å². The Morgan fingerprint density at radius 2 is 1.75 bits per heavy atom. The predicted molar refractivity (Wildman–Crippen MR) is 63.7 cm³/mol. The van der Waals surface area contributed by atoms with E-state index in [9.17, 15) is 4.79 Å². The largest absolute Gasteiger partial charge is 0.478 e. The van der Waals surface area contributed by atoms with Gasteiger partial charge in [0.25, 0.3) is 0 Å². The molecule has 82 valence electrons. The van der Waals surface area contributed by atoms with Crippen LogP contribution in [0.5, 0.6) is 0 Å². The molecule has 0 aliphatic heterocycles. The van der Waals surface area contributed by atoms with E-state index in [0.717, 1.165) is 0 Å². The van der Waals surface area contributed by atoms with Crippen molar-refractivity contribution in [3.05, 3.63) is 39.0 Å². The summed E-state index contributed by atoms with van der Waals surface area (Å²) in [5.74, 6) is -1.13. The van der Waals surface area contributed by atoms with Crippen LogP contribution in [0.2, 0.25) is 15.2 Å². The van der Waals surface area contributed by atoms with Crippen LogP contribution in [0.3, 0.4) is 0 Å². The molecule has 6 heteroatoms. The van der Waals surface area contributed by atoms with Crippen molar-refractivity contribution in [1.82, 2.24) is 4.98 Å². The van der Waals surface area contributed by atoms with Gasteiger partial charge in [-0.15, -0.1) is 0 Å². The van der Waals surface area contributed by atoms with Crippen LogP contribution in [-0.4, -0.2) is 16.1 Å². The monoisotopic (exact) mass is 275 g/mol. The number of benzene rings is 1. The first-order valence-electron chi connectivity index (χ1n) is 4.17. The van der Waals surface area contributed by atoms with Crippen LogP contribution in [0.4, 0.5) is 0 Å². The molecule has 0 aliphatic carbocycles. The Bertz CT molecular complexity index is 598. The molecule has 1 aromatic carbocycles. The van der Waals surface area contributed by atoms with Gasteiger partial charge < -0.3 is 5.11 Å². The number of carboxylic acid groups (broad SMARTS) is 1. The first-order valence-corrected chi connectivity index (χ1v) is 5.31. The van der Waals surface area contributed by atoms with Gasteiger partial charge in [-0.1, -0.05) is 34.8 Å². The van der Waals surface area contributed by atoms with Crippen molar-refractivity contribution in [2.45, 2.75) is 0 Å². The van der Waals surface area contributed by atoms with E-state index in [1.807, 2.05) is 0 Å². The van der Waals surface area contributed by atoms with Crippen LogP contribution in [0.15, 0.2) is 18.2 Å². The molecule has 0 atom stereocenters. The summed E-state index contributed by atoms with van der Waals surface area (Å²) in [6, 6.07) is 4.50. The van der Waals surface area contributed by atoms with Crippen LogP contribution in [0.1, 0.15) is 10.4 Å². The normalized spacial score (nSPS) is 10.7. The minimum atomic E-state index is -1.13. The van der Waals surface area contributed by atoms with Crippen LogP contribution in [0.25, 0.3) is 10.9 Å². The Hall–Kier alpha value is -1.03. The number of nitrogens with zero attached hydrogens (tertiary/aromatic N) is 1. The van der Waals surface area contributed by atoms with Gasteiger partial charge in [-0.25, -0.2) is 9.78 Å². The van der Waals surface area contributed by atoms with E-state index < -0.39 is 5.97 Å². The van der Waals surface area contributed by atoms with Crippen molar-refractivity contribution >= 4 is 51.7 Å². The summed E-state index contributed by atoms with van der Waals surface area (Å²) in [6.07, 6.45) is 0. The molecular weight excluding hydrogens is 272 g/mol. The van der Waals surface area contributed by atoms with Gasteiger partial charge in [0.2, 0.25) is 0 Å². The third kappa shape index (κ3) is 1.94. The molecule has 1 heterocycles. The maximum absolute atomic E-state index is 10.8. The molecule has 2 aromatic rings. The average molecular weight is 277 g/mol. The minimum absolute atomic E-state index is 0.0624. The Morgan fingerprint density at radius 1 is 1.12 bits per heavy atom. The molecule has 0 bridgehead atoms. The van der Waals surface area contributed by atoms with E-state index in [1.165, 1.54) is 12.1 Å². The number of pyridine rings is 1. The summed E-state index contributed by atoms with van der Waals surface area (Å²) >= 11 is 17.4. The number of hydrogen-bond acceptors (Lipinski definition) is 2. The molecule has 0 saturated heterocycles. The van der Waals surface area contributed by atoms with Gasteiger partial charge in [0.1, 0.15) is 5.15 Å². The second-order valence-corrected chi connectivity index (χ2v) is 4.26. The SMILES string of the molecule is O=C(O)c1cc2cc(Cl)c(Cl)cc2nc1Cl. The number of carboxylic acids is 1. The van der Waals surface area contributed by atoms with Crippen molar-refractivity contribution < 1.29 is 9.90 Å². The van der Waals surface area contributed by atoms with Crippen molar-refractivity contribution in [2.24, 2.45) is 0 Å². The Kier molecular flexibility index (Phi) is 2.93. The van der Waals surface area contributed by atoms with Crippen molar-refractivity contribution in [2.75, 3.05) is 0 Å². The molecule has 0 radical (unpaired) electrons. The predicted octanol–water partition coefficient (Wildman–Crippen LogP) is 3.89. The smallest absolute Gasteiger partial charge is 0.338 e. The molecule has 0 spiro atoms. The Labute approximate surface area is 106 Å². The van der Waals surface area contributed by atoms with Crippen LogP contribution in [-0.2, 0) is 0 Å². The lowest BCUT2D eigenvalue weighted by molar-refractivity contribution is 0.0697. The maximum Gasteiger partial charge on any atom is 0.338 e. The molecular formula is C10H4Cl3NO2. The molecule has 16 heavy (non-hydrogen) atoms. The lowest BCUT2D eigenvalue weighted by atomic mass is 10.1.